The van der Waals surface area contributed by atoms with Crippen molar-refractivity contribution in [3.63, 3.8) is 0 Å². The van der Waals surface area contributed by atoms with E-state index in [4.69, 9.17) is 0 Å². The number of hydrogen-bond acceptors (Lipinski definition) is 6. The average molecular weight is 411 g/mol. The highest BCUT2D eigenvalue weighted by molar-refractivity contribution is 5.73. The zero-order valence-corrected chi connectivity index (χ0v) is 16.9. The van der Waals surface area contributed by atoms with Crippen molar-refractivity contribution in [2.24, 2.45) is 0 Å². The maximum Gasteiger partial charge on any atom is 0.230 e. The molecule has 0 saturated carbocycles. The van der Waals surface area contributed by atoms with Crippen LogP contribution in [0.5, 0.6) is 0 Å². The van der Waals surface area contributed by atoms with Gasteiger partial charge in [0.25, 0.3) is 0 Å². The Labute approximate surface area is 173 Å². The van der Waals surface area contributed by atoms with E-state index >= 15 is 0 Å². The van der Waals surface area contributed by atoms with Gasteiger partial charge < -0.3 is 20.1 Å². The number of hydrogen-bond donors (Lipinski definition) is 2. The number of nitrogens with zero attached hydrogens (tertiary/aromatic N) is 5. The van der Waals surface area contributed by atoms with Crippen LogP contribution in [0.1, 0.15) is 17.7 Å². The van der Waals surface area contributed by atoms with E-state index in [1.54, 1.807) is 24.3 Å². The molecular weight excluding hydrogens is 388 g/mol. The Bertz CT molecular complexity index is 1090. The van der Waals surface area contributed by atoms with Crippen molar-refractivity contribution in [2.75, 3.05) is 29.1 Å². The lowest BCUT2D eigenvalue weighted by Crippen LogP contribution is -2.17. The molecular formula is C21H23F2N7. The molecule has 0 radical (unpaired) electrons. The molecule has 156 valence electrons. The number of aromatic nitrogens is 4. The number of imidazole rings is 1. The van der Waals surface area contributed by atoms with Crippen molar-refractivity contribution < 1.29 is 8.78 Å². The molecule has 1 aromatic carbocycles. The Morgan fingerprint density at radius 2 is 2.10 bits per heavy atom. The number of fused-ring (bicyclic) bond motifs is 1. The molecule has 3 aromatic rings. The van der Waals surface area contributed by atoms with Crippen molar-refractivity contribution in [3.05, 3.63) is 65.9 Å². The van der Waals surface area contributed by atoms with Gasteiger partial charge in [0, 0.05) is 44.0 Å². The molecule has 9 heteroatoms. The Morgan fingerprint density at radius 1 is 1.27 bits per heavy atom. The second kappa shape index (κ2) is 8.10. The number of anilines is 4. The van der Waals surface area contributed by atoms with Crippen LogP contribution >= 0.6 is 0 Å². The molecule has 2 aromatic heterocycles. The summed E-state index contributed by atoms with van der Waals surface area (Å²) >= 11 is 0. The summed E-state index contributed by atoms with van der Waals surface area (Å²) in [7, 11) is 1.77. The zero-order valence-electron chi connectivity index (χ0n) is 16.9. The summed E-state index contributed by atoms with van der Waals surface area (Å²) in [5.74, 6) is -0.206. The highest BCUT2D eigenvalue weighted by Gasteiger charge is 2.29. The van der Waals surface area contributed by atoms with Gasteiger partial charge in [-0.05, 0) is 25.5 Å². The minimum Gasteiger partial charge on any atom is -0.373 e. The predicted molar refractivity (Wildman–Crippen MR) is 113 cm³/mol. The molecule has 30 heavy (non-hydrogen) atoms. The first-order valence-electron chi connectivity index (χ1n) is 9.69. The van der Waals surface area contributed by atoms with Gasteiger partial charge in [-0.3, -0.25) is 0 Å². The Hall–Kier alpha value is -3.49. The van der Waals surface area contributed by atoms with E-state index in [2.05, 4.69) is 32.2 Å². The minimum atomic E-state index is -0.885. The Morgan fingerprint density at radius 3 is 2.83 bits per heavy atom. The second-order valence-corrected chi connectivity index (χ2v) is 7.15. The molecule has 2 N–H and O–H groups in total. The fourth-order valence-corrected chi connectivity index (χ4v) is 3.53. The van der Waals surface area contributed by atoms with Crippen LogP contribution in [-0.2, 0) is 13.0 Å². The first-order chi connectivity index (χ1) is 14.5. The topological polar surface area (TPSA) is 70.9 Å². The third-order valence-electron chi connectivity index (χ3n) is 5.01. The lowest BCUT2D eigenvalue weighted by Gasteiger charge is -2.20. The van der Waals surface area contributed by atoms with Crippen LogP contribution in [0.25, 0.3) is 0 Å². The lowest BCUT2D eigenvalue weighted by atomic mass is 10.2. The van der Waals surface area contributed by atoms with E-state index in [0.717, 1.165) is 29.6 Å². The SMILES string of the molecule is C=C(CCn1cnc(C)c1)Nc1nc(NC)c2c(n1)N(c1cccc(F)c1F)CC2. The number of rotatable bonds is 7. The van der Waals surface area contributed by atoms with Gasteiger partial charge in [-0.1, -0.05) is 12.6 Å². The first-order valence-corrected chi connectivity index (χ1v) is 9.69. The van der Waals surface area contributed by atoms with Gasteiger partial charge in [-0.2, -0.15) is 9.97 Å². The monoisotopic (exact) mass is 411 g/mol. The second-order valence-electron chi connectivity index (χ2n) is 7.15. The van der Waals surface area contributed by atoms with Gasteiger partial charge in [0.2, 0.25) is 5.95 Å². The fourth-order valence-electron chi connectivity index (χ4n) is 3.53. The predicted octanol–water partition coefficient (Wildman–Crippen LogP) is 4.01. The number of allylic oxidation sites excluding steroid dienone is 1. The van der Waals surface area contributed by atoms with Crippen LogP contribution in [0, 0.1) is 18.6 Å². The molecule has 0 saturated heterocycles. The van der Waals surface area contributed by atoms with Gasteiger partial charge in [0.1, 0.15) is 11.6 Å². The summed E-state index contributed by atoms with van der Waals surface area (Å²) in [6.45, 7) is 7.20. The third kappa shape index (κ3) is 3.83. The maximum atomic E-state index is 14.4. The number of benzene rings is 1. The molecule has 0 aliphatic carbocycles. The van der Waals surface area contributed by atoms with Crippen LogP contribution in [0.4, 0.5) is 32.1 Å². The molecule has 0 unspecified atom stereocenters. The highest BCUT2D eigenvalue weighted by Crippen LogP contribution is 2.38. The quantitative estimate of drug-likeness (QED) is 0.612. The molecule has 0 bridgehead atoms. The van der Waals surface area contributed by atoms with Crippen LogP contribution < -0.4 is 15.5 Å². The van der Waals surface area contributed by atoms with Gasteiger partial charge >= 0.3 is 0 Å². The molecule has 7 nitrogen and oxygen atoms in total. The normalized spacial score (nSPS) is 12.7. The largest absolute Gasteiger partial charge is 0.373 e. The number of aryl methyl sites for hydroxylation is 2. The molecule has 0 atom stereocenters. The van der Waals surface area contributed by atoms with E-state index in [-0.39, 0.29) is 5.69 Å². The molecule has 1 aliphatic heterocycles. The van der Waals surface area contributed by atoms with Crippen LogP contribution in [-0.4, -0.2) is 33.1 Å². The van der Waals surface area contributed by atoms with Crippen molar-refractivity contribution in [3.8, 4) is 0 Å². The zero-order chi connectivity index (χ0) is 21.3. The van der Waals surface area contributed by atoms with E-state index in [0.29, 0.717) is 37.0 Å². The summed E-state index contributed by atoms with van der Waals surface area (Å²) in [6.07, 6.45) is 5.03. The van der Waals surface area contributed by atoms with Gasteiger partial charge in [-0.15, -0.1) is 0 Å². The maximum absolute atomic E-state index is 14.4. The Balaban J connectivity index is 1.57. The van der Waals surface area contributed by atoms with Crippen LogP contribution in [0.3, 0.4) is 0 Å². The van der Waals surface area contributed by atoms with E-state index in [1.165, 1.54) is 6.07 Å². The summed E-state index contributed by atoms with van der Waals surface area (Å²) in [6, 6.07) is 4.14. The molecule has 3 heterocycles. The molecule has 1 aliphatic rings. The van der Waals surface area contributed by atoms with Crippen molar-refractivity contribution in [1.29, 1.82) is 0 Å². The number of nitrogens with one attached hydrogen (secondary N) is 2. The van der Waals surface area contributed by atoms with E-state index < -0.39 is 11.6 Å². The standard InChI is InChI=1S/C21H23F2N7/c1-13(7-9-29-11-14(2)25-12-29)26-21-27-19(24-3)15-8-10-30(20(15)28-21)17-6-4-5-16(22)18(17)23/h4-6,11-12H,1,7-10H2,2-3H3,(H2,24,26,27,28). The molecule has 4 rings (SSSR count). The highest BCUT2D eigenvalue weighted by atomic mass is 19.2. The molecule has 0 fully saturated rings. The van der Waals surface area contributed by atoms with Gasteiger partial charge in [-0.25, -0.2) is 13.8 Å². The first kappa shape index (κ1) is 19.8. The molecule has 0 amide bonds. The van der Waals surface area contributed by atoms with Gasteiger partial charge in [0.05, 0.1) is 17.7 Å². The number of halogens is 2. The molecule has 0 spiro atoms. The minimum absolute atomic E-state index is 0.162. The van der Waals surface area contributed by atoms with Crippen molar-refractivity contribution >= 4 is 23.3 Å². The van der Waals surface area contributed by atoms with Gasteiger partial charge in [0.15, 0.2) is 11.6 Å². The van der Waals surface area contributed by atoms with Crippen molar-refractivity contribution in [1.82, 2.24) is 19.5 Å². The lowest BCUT2D eigenvalue weighted by molar-refractivity contribution is 0.509. The fraction of sp³-hybridized carbons (Fsp3) is 0.286. The Kier molecular flexibility index (Phi) is 5.35. The van der Waals surface area contributed by atoms with Crippen LogP contribution in [0.15, 0.2) is 43.0 Å². The van der Waals surface area contributed by atoms with E-state index in [1.807, 2.05) is 17.7 Å². The average Bonchev–Trinajstić information content (AvgIpc) is 3.34. The smallest absolute Gasteiger partial charge is 0.230 e. The van der Waals surface area contributed by atoms with Crippen molar-refractivity contribution in [2.45, 2.75) is 26.3 Å². The summed E-state index contributed by atoms with van der Waals surface area (Å²) < 4.78 is 30.1. The third-order valence-corrected chi connectivity index (χ3v) is 5.01. The summed E-state index contributed by atoms with van der Waals surface area (Å²) in [4.78, 5) is 15.0. The summed E-state index contributed by atoms with van der Waals surface area (Å²) in [5.41, 5.74) is 2.73. The summed E-state index contributed by atoms with van der Waals surface area (Å²) in [5, 5.41) is 6.21. The van der Waals surface area contributed by atoms with Crippen LogP contribution in [0.2, 0.25) is 0 Å². The van der Waals surface area contributed by atoms with E-state index in [9.17, 15) is 8.78 Å².